The van der Waals surface area contributed by atoms with Crippen LogP contribution in [-0.4, -0.2) is 38.5 Å². The van der Waals surface area contributed by atoms with E-state index < -0.39 is 0 Å². The minimum absolute atomic E-state index is 0. The van der Waals surface area contributed by atoms with E-state index in [1.807, 2.05) is 0 Å². The third-order valence-corrected chi connectivity index (χ3v) is 7.43. The normalized spacial score (nSPS) is 13.2. The quantitative estimate of drug-likeness (QED) is 0.131. The maximum absolute atomic E-state index is 5.78. The van der Waals surface area contributed by atoms with Crippen molar-refractivity contribution < 1.29 is 9.47 Å². The van der Waals surface area contributed by atoms with Crippen molar-refractivity contribution in [2.24, 2.45) is 0 Å². The Morgan fingerprint density at radius 2 is 1.39 bits per heavy atom. The molecule has 1 aliphatic heterocycles. The van der Waals surface area contributed by atoms with E-state index in [4.69, 9.17) is 9.47 Å². The molecule has 4 aromatic carbocycles. The van der Waals surface area contributed by atoms with Crippen LogP contribution in [0.1, 0.15) is 22.6 Å². The Labute approximate surface area is 241 Å². The number of allylic oxidation sites excluding steroid dienone is 1. The van der Waals surface area contributed by atoms with E-state index in [9.17, 15) is 0 Å². The van der Waals surface area contributed by atoms with Crippen LogP contribution in [0.5, 0.6) is 0 Å². The SMILES string of the molecule is COCCOCCn1c2ccccc2c2cc(C=CC3c4ccccc4N(C)c4ccccc43)ccc21.I. The highest BCUT2D eigenvalue weighted by molar-refractivity contribution is 14.0. The molecule has 0 unspecified atom stereocenters. The first kappa shape index (κ1) is 26.5. The first-order valence-corrected chi connectivity index (χ1v) is 12.9. The van der Waals surface area contributed by atoms with Crippen molar-refractivity contribution in [1.82, 2.24) is 4.57 Å². The van der Waals surface area contributed by atoms with Crippen LogP contribution in [0.4, 0.5) is 11.4 Å². The molecule has 5 aromatic rings. The molecule has 194 valence electrons. The summed E-state index contributed by atoms with van der Waals surface area (Å²) in [6, 6.07) is 32.9. The van der Waals surface area contributed by atoms with Crippen molar-refractivity contribution in [1.29, 1.82) is 0 Å². The first-order valence-electron chi connectivity index (χ1n) is 12.9. The zero-order chi connectivity index (χ0) is 25.2. The van der Waals surface area contributed by atoms with Crippen LogP contribution in [0.15, 0.2) is 97.1 Å². The molecule has 6 rings (SSSR count). The van der Waals surface area contributed by atoms with Gasteiger partial charge in [0.25, 0.3) is 0 Å². The van der Waals surface area contributed by atoms with Crippen molar-refractivity contribution in [2.75, 3.05) is 38.9 Å². The molecule has 0 aliphatic carbocycles. The summed E-state index contributed by atoms with van der Waals surface area (Å²) in [6.07, 6.45) is 4.64. The largest absolute Gasteiger partial charge is 0.382 e. The maximum atomic E-state index is 5.78. The zero-order valence-corrected chi connectivity index (χ0v) is 24.2. The molecule has 38 heavy (non-hydrogen) atoms. The summed E-state index contributed by atoms with van der Waals surface area (Å²) >= 11 is 0. The Balaban J connectivity index is 0.00000294. The Bertz CT molecular complexity index is 1540. The van der Waals surface area contributed by atoms with Crippen molar-refractivity contribution >= 4 is 63.2 Å². The minimum atomic E-state index is 0. The molecule has 0 N–H and O–H groups in total. The Hall–Kier alpha value is -3.13. The van der Waals surface area contributed by atoms with Crippen molar-refractivity contribution in [3.63, 3.8) is 0 Å². The van der Waals surface area contributed by atoms with Gasteiger partial charge in [-0.1, -0.05) is 72.8 Å². The second-order valence-corrected chi connectivity index (χ2v) is 9.56. The number of nitrogens with zero attached hydrogens (tertiary/aromatic N) is 2. The fourth-order valence-electron chi connectivity index (χ4n) is 5.64. The molecule has 2 heterocycles. The maximum Gasteiger partial charge on any atom is 0.0701 e. The molecular weight excluding hydrogens is 583 g/mol. The third-order valence-electron chi connectivity index (χ3n) is 7.43. The van der Waals surface area contributed by atoms with Gasteiger partial charge < -0.3 is 18.9 Å². The number of benzene rings is 4. The first-order chi connectivity index (χ1) is 18.3. The molecule has 1 aliphatic rings. The number of aromatic nitrogens is 1. The van der Waals surface area contributed by atoms with Gasteiger partial charge in [0, 0.05) is 59.8 Å². The van der Waals surface area contributed by atoms with Crippen LogP contribution >= 0.6 is 24.0 Å². The average molecular weight is 617 g/mol. The number of hydrogen-bond donors (Lipinski definition) is 0. The number of halogens is 1. The molecule has 0 bridgehead atoms. The van der Waals surface area contributed by atoms with Crippen LogP contribution in [0.3, 0.4) is 0 Å². The molecule has 0 radical (unpaired) electrons. The zero-order valence-electron chi connectivity index (χ0n) is 21.8. The lowest BCUT2D eigenvalue weighted by Gasteiger charge is -2.34. The lowest BCUT2D eigenvalue weighted by molar-refractivity contribution is 0.0673. The molecule has 5 heteroatoms. The lowest BCUT2D eigenvalue weighted by Crippen LogP contribution is -2.20. The van der Waals surface area contributed by atoms with E-state index in [1.165, 1.54) is 49.9 Å². The predicted molar refractivity (Wildman–Crippen MR) is 169 cm³/mol. The van der Waals surface area contributed by atoms with Crippen molar-refractivity contribution in [3.8, 4) is 0 Å². The smallest absolute Gasteiger partial charge is 0.0701 e. The topological polar surface area (TPSA) is 26.6 Å². The highest BCUT2D eigenvalue weighted by Crippen LogP contribution is 2.45. The fourth-order valence-corrected chi connectivity index (χ4v) is 5.64. The van der Waals surface area contributed by atoms with Crippen LogP contribution in [-0.2, 0) is 16.0 Å². The lowest BCUT2D eigenvalue weighted by atomic mass is 9.84. The summed E-state index contributed by atoms with van der Waals surface area (Å²) in [6.45, 7) is 2.71. The number of hydrogen-bond acceptors (Lipinski definition) is 3. The standard InChI is InChI=1S/C33H32N2O2.HI/c1-34-30-12-6-3-9-26(30)25(27-10-4-7-13-31(27)34)17-15-24-16-18-33-29(23-24)28-11-5-8-14-32(28)35(33)19-20-37-22-21-36-2;/h3-18,23,25H,19-22H2,1-2H3;1H. The molecule has 0 saturated carbocycles. The van der Waals surface area contributed by atoms with Gasteiger partial charge in [-0.3, -0.25) is 0 Å². The minimum Gasteiger partial charge on any atom is -0.382 e. The monoisotopic (exact) mass is 616 g/mol. The second kappa shape index (κ2) is 11.7. The summed E-state index contributed by atoms with van der Waals surface area (Å²) in [5, 5.41) is 2.55. The van der Waals surface area contributed by atoms with E-state index in [2.05, 4.69) is 120 Å². The molecule has 0 spiro atoms. The van der Waals surface area contributed by atoms with Gasteiger partial charge >= 0.3 is 0 Å². The summed E-state index contributed by atoms with van der Waals surface area (Å²) in [4.78, 5) is 2.30. The van der Waals surface area contributed by atoms with Crippen LogP contribution in [0.2, 0.25) is 0 Å². The summed E-state index contributed by atoms with van der Waals surface area (Å²) in [5.41, 5.74) is 8.90. The highest BCUT2D eigenvalue weighted by Gasteiger charge is 2.26. The van der Waals surface area contributed by atoms with Gasteiger partial charge in [0.2, 0.25) is 0 Å². The molecule has 0 fully saturated rings. The van der Waals surface area contributed by atoms with Gasteiger partial charge in [0.05, 0.1) is 19.8 Å². The number of anilines is 2. The van der Waals surface area contributed by atoms with E-state index in [0.717, 1.165) is 6.54 Å². The molecule has 1 aromatic heterocycles. The van der Waals surface area contributed by atoms with Gasteiger partial charge in [-0.15, -0.1) is 24.0 Å². The van der Waals surface area contributed by atoms with E-state index in [0.29, 0.717) is 19.8 Å². The summed E-state index contributed by atoms with van der Waals surface area (Å²) < 4.78 is 13.3. The van der Waals surface area contributed by atoms with Gasteiger partial charge in [-0.2, -0.15) is 0 Å². The van der Waals surface area contributed by atoms with Crippen LogP contribution in [0, 0.1) is 0 Å². The van der Waals surface area contributed by atoms with E-state index in [1.54, 1.807) is 7.11 Å². The number of para-hydroxylation sites is 3. The van der Waals surface area contributed by atoms with Gasteiger partial charge in [0.15, 0.2) is 0 Å². The Morgan fingerprint density at radius 1 is 0.737 bits per heavy atom. The number of fused-ring (bicyclic) bond motifs is 5. The molecular formula is C33H33IN2O2. The van der Waals surface area contributed by atoms with Crippen LogP contribution < -0.4 is 4.90 Å². The molecule has 0 saturated heterocycles. The fraction of sp³-hybridized carbons (Fsp3) is 0.212. The second-order valence-electron chi connectivity index (χ2n) is 9.56. The van der Waals surface area contributed by atoms with E-state index in [-0.39, 0.29) is 29.9 Å². The van der Waals surface area contributed by atoms with Gasteiger partial charge in [-0.05, 0) is 47.0 Å². The van der Waals surface area contributed by atoms with E-state index >= 15 is 0 Å². The highest BCUT2D eigenvalue weighted by atomic mass is 127. The summed E-state index contributed by atoms with van der Waals surface area (Å²) in [7, 11) is 3.86. The predicted octanol–water partition coefficient (Wildman–Crippen LogP) is 8.00. The van der Waals surface area contributed by atoms with Crippen molar-refractivity contribution in [2.45, 2.75) is 12.5 Å². The van der Waals surface area contributed by atoms with Gasteiger partial charge in [0.1, 0.15) is 0 Å². The molecule has 4 nitrogen and oxygen atoms in total. The average Bonchev–Trinajstić information content (AvgIpc) is 3.26. The molecule has 0 amide bonds. The number of methoxy groups -OCH3 is 1. The van der Waals surface area contributed by atoms with Crippen LogP contribution in [0.25, 0.3) is 27.9 Å². The van der Waals surface area contributed by atoms with Crippen molar-refractivity contribution in [3.05, 3.63) is 114 Å². The summed E-state index contributed by atoms with van der Waals surface area (Å²) in [5.74, 6) is 0.213. The Morgan fingerprint density at radius 3 is 2.13 bits per heavy atom. The molecule has 0 atom stereocenters. The third kappa shape index (κ3) is 4.86. The Kier molecular flexibility index (Phi) is 8.17. The number of ether oxygens (including phenoxy) is 2. The van der Waals surface area contributed by atoms with Gasteiger partial charge in [-0.25, -0.2) is 0 Å². The number of rotatable bonds is 8.